The number of nitrogens with one attached hydrogen (secondary N) is 1. The number of hydrogen-bond donors (Lipinski definition) is 1. The molecule has 0 unspecified atom stereocenters. The van der Waals surface area contributed by atoms with Gasteiger partial charge in [-0.2, -0.15) is 0 Å². The van der Waals surface area contributed by atoms with Crippen LogP contribution in [0.5, 0.6) is 11.5 Å². The summed E-state index contributed by atoms with van der Waals surface area (Å²) in [6, 6.07) is 14.1. The average Bonchev–Trinajstić information content (AvgIpc) is 2.79. The molecule has 1 heterocycles. The minimum Gasteiger partial charge on any atom is -0.493 e. The molecule has 31 heavy (non-hydrogen) atoms. The number of rotatable bonds is 9. The number of likely N-dealkylation sites (N-methyl/N-ethyl adjacent to an activating group) is 1. The van der Waals surface area contributed by atoms with Gasteiger partial charge in [-0.05, 0) is 48.9 Å². The van der Waals surface area contributed by atoms with E-state index in [1.807, 2.05) is 25.1 Å². The maximum absolute atomic E-state index is 12.2. The SMILES string of the molecule is CCOc1cc(/C=C/C(=O)NCc2ccc(CN3CCN(C)CC3)cc2)ccc1OC. The molecule has 166 valence electrons. The van der Waals surface area contributed by atoms with E-state index in [9.17, 15) is 4.79 Å². The van der Waals surface area contributed by atoms with Gasteiger partial charge in [-0.3, -0.25) is 9.69 Å². The average molecular weight is 424 g/mol. The van der Waals surface area contributed by atoms with Crippen LogP contribution in [0.1, 0.15) is 23.6 Å². The highest BCUT2D eigenvalue weighted by atomic mass is 16.5. The van der Waals surface area contributed by atoms with Gasteiger partial charge in [0.25, 0.3) is 0 Å². The molecular formula is C25H33N3O3. The number of piperazine rings is 1. The topological polar surface area (TPSA) is 54.0 Å². The van der Waals surface area contributed by atoms with Crippen molar-refractivity contribution >= 4 is 12.0 Å². The van der Waals surface area contributed by atoms with E-state index in [0.29, 0.717) is 24.7 Å². The molecule has 1 amide bonds. The first kappa shape index (κ1) is 22.8. The summed E-state index contributed by atoms with van der Waals surface area (Å²) in [6.45, 7) is 8.44. The molecule has 0 radical (unpaired) electrons. The Hall–Kier alpha value is -2.83. The Labute approximate surface area is 185 Å². The maximum Gasteiger partial charge on any atom is 0.244 e. The Kier molecular flexibility index (Phi) is 8.50. The summed E-state index contributed by atoms with van der Waals surface area (Å²) in [7, 11) is 3.78. The second kappa shape index (κ2) is 11.5. The molecule has 1 fully saturated rings. The van der Waals surface area contributed by atoms with Crippen LogP contribution >= 0.6 is 0 Å². The predicted octanol–water partition coefficient (Wildman–Crippen LogP) is 3.17. The summed E-state index contributed by atoms with van der Waals surface area (Å²) >= 11 is 0. The van der Waals surface area contributed by atoms with Crippen molar-refractivity contribution in [2.45, 2.75) is 20.0 Å². The highest BCUT2D eigenvalue weighted by Crippen LogP contribution is 2.28. The number of nitrogens with zero attached hydrogens (tertiary/aromatic N) is 2. The molecule has 6 heteroatoms. The first-order chi connectivity index (χ1) is 15.1. The maximum atomic E-state index is 12.2. The highest BCUT2D eigenvalue weighted by Gasteiger charge is 2.13. The Bertz CT molecular complexity index is 872. The molecule has 1 N–H and O–H groups in total. The van der Waals surface area contributed by atoms with E-state index in [2.05, 4.69) is 46.4 Å². The van der Waals surface area contributed by atoms with Gasteiger partial charge < -0.3 is 19.7 Å². The van der Waals surface area contributed by atoms with Gasteiger partial charge >= 0.3 is 0 Å². The number of ether oxygens (including phenoxy) is 2. The van der Waals surface area contributed by atoms with Crippen LogP contribution in [0.25, 0.3) is 6.08 Å². The second-order valence-corrected chi connectivity index (χ2v) is 7.79. The molecule has 0 aromatic heterocycles. The molecule has 0 bridgehead atoms. The van der Waals surface area contributed by atoms with Crippen LogP contribution in [0.2, 0.25) is 0 Å². The largest absolute Gasteiger partial charge is 0.493 e. The van der Waals surface area contributed by atoms with E-state index in [1.165, 1.54) is 5.56 Å². The molecule has 6 nitrogen and oxygen atoms in total. The molecule has 1 saturated heterocycles. The predicted molar refractivity (Wildman–Crippen MR) is 124 cm³/mol. The minimum atomic E-state index is -0.129. The summed E-state index contributed by atoms with van der Waals surface area (Å²) < 4.78 is 10.9. The third kappa shape index (κ3) is 7.12. The van der Waals surface area contributed by atoms with Crippen molar-refractivity contribution in [3.8, 4) is 11.5 Å². The third-order valence-corrected chi connectivity index (χ3v) is 5.41. The number of benzene rings is 2. The molecule has 2 aromatic rings. The van der Waals surface area contributed by atoms with E-state index in [0.717, 1.165) is 43.9 Å². The first-order valence-electron chi connectivity index (χ1n) is 10.8. The monoisotopic (exact) mass is 423 g/mol. The molecule has 1 aliphatic rings. The Morgan fingerprint density at radius 1 is 1.03 bits per heavy atom. The fourth-order valence-electron chi connectivity index (χ4n) is 3.51. The fourth-order valence-corrected chi connectivity index (χ4v) is 3.51. The highest BCUT2D eigenvalue weighted by molar-refractivity contribution is 5.91. The van der Waals surface area contributed by atoms with Gasteiger partial charge in [0.1, 0.15) is 0 Å². The quantitative estimate of drug-likeness (QED) is 0.628. The van der Waals surface area contributed by atoms with Gasteiger partial charge in [0.2, 0.25) is 5.91 Å². The fraction of sp³-hybridized carbons (Fsp3) is 0.400. The number of hydrogen-bond acceptors (Lipinski definition) is 5. The van der Waals surface area contributed by atoms with Gasteiger partial charge in [-0.1, -0.05) is 30.3 Å². The van der Waals surface area contributed by atoms with Gasteiger partial charge in [-0.15, -0.1) is 0 Å². The standard InChI is InChI=1S/C25H33N3O3/c1-4-31-24-17-20(9-11-23(24)30-3)10-12-25(29)26-18-21-5-7-22(8-6-21)19-28-15-13-27(2)14-16-28/h5-12,17H,4,13-16,18-19H2,1-3H3,(H,26,29)/b12-10+. The van der Waals surface area contributed by atoms with Crippen LogP contribution in [0.3, 0.4) is 0 Å². The summed E-state index contributed by atoms with van der Waals surface area (Å²) in [5.74, 6) is 1.22. The van der Waals surface area contributed by atoms with E-state index < -0.39 is 0 Å². The number of carbonyl (C=O) groups is 1. The molecule has 0 spiro atoms. The zero-order chi connectivity index (χ0) is 22.1. The van der Waals surface area contributed by atoms with Crippen molar-refractivity contribution < 1.29 is 14.3 Å². The summed E-state index contributed by atoms with van der Waals surface area (Å²) in [6.07, 6.45) is 3.32. The zero-order valence-electron chi connectivity index (χ0n) is 18.8. The lowest BCUT2D eigenvalue weighted by molar-refractivity contribution is -0.116. The van der Waals surface area contributed by atoms with Crippen molar-refractivity contribution in [3.63, 3.8) is 0 Å². The number of amides is 1. The van der Waals surface area contributed by atoms with Crippen LogP contribution in [-0.4, -0.2) is 62.7 Å². The normalized spacial score (nSPS) is 15.2. The molecule has 0 atom stereocenters. The molecule has 3 rings (SSSR count). The number of carbonyl (C=O) groups excluding carboxylic acids is 1. The molecule has 0 saturated carbocycles. The van der Waals surface area contributed by atoms with Crippen LogP contribution < -0.4 is 14.8 Å². The lowest BCUT2D eigenvalue weighted by Gasteiger charge is -2.32. The summed E-state index contributed by atoms with van der Waals surface area (Å²) in [5.41, 5.74) is 3.28. The smallest absolute Gasteiger partial charge is 0.244 e. The summed E-state index contributed by atoms with van der Waals surface area (Å²) in [4.78, 5) is 17.1. The van der Waals surface area contributed by atoms with Crippen molar-refractivity contribution in [1.29, 1.82) is 0 Å². The lowest BCUT2D eigenvalue weighted by atomic mass is 10.1. The van der Waals surface area contributed by atoms with Crippen molar-refractivity contribution in [2.24, 2.45) is 0 Å². The van der Waals surface area contributed by atoms with Crippen LogP contribution in [0.15, 0.2) is 48.5 Å². The van der Waals surface area contributed by atoms with E-state index in [-0.39, 0.29) is 5.91 Å². The Balaban J connectivity index is 1.47. The van der Waals surface area contributed by atoms with Crippen molar-refractivity contribution in [3.05, 3.63) is 65.2 Å². The van der Waals surface area contributed by atoms with Crippen molar-refractivity contribution in [2.75, 3.05) is 46.9 Å². The van der Waals surface area contributed by atoms with Crippen LogP contribution in [-0.2, 0) is 17.9 Å². The first-order valence-corrected chi connectivity index (χ1v) is 10.8. The zero-order valence-corrected chi connectivity index (χ0v) is 18.8. The second-order valence-electron chi connectivity index (χ2n) is 7.79. The van der Waals surface area contributed by atoms with Gasteiger partial charge in [-0.25, -0.2) is 0 Å². The number of methoxy groups -OCH3 is 1. The van der Waals surface area contributed by atoms with Crippen molar-refractivity contribution in [1.82, 2.24) is 15.1 Å². The third-order valence-electron chi connectivity index (χ3n) is 5.41. The van der Waals surface area contributed by atoms with Gasteiger partial charge in [0.15, 0.2) is 11.5 Å². The molecule has 0 aliphatic carbocycles. The van der Waals surface area contributed by atoms with Gasteiger partial charge in [0, 0.05) is 45.3 Å². The van der Waals surface area contributed by atoms with Crippen LogP contribution in [0, 0.1) is 0 Å². The Morgan fingerprint density at radius 3 is 2.42 bits per heavy atom. The van der Waals surface area contributed by atoms with E-state index in [4.69, 9.17) is 9.47 Å². The molecule has 2 aromatic carbocycles. The van der Waals surface area contributed by atoms with E-state index in [1.54, 1.807) is 19.3 Å². The molecule has 1 aliphatic heterocycles. The Morgan fingerprint density at radius 2 is 1.74 bits per heavy atom. The minimum absolute atomic E-state index is 0.129. The van der Waals surface area contributed by atoms with Crippen LogP contribution in [0.4, 0.5) is 0 Å². The van der Waals surface area contributed by atoms with Gasteiger partial charge in [0.05, 0.1) is 13.7 Å². The van der Waals surface area contributed by atoms with E-state index >= 15 is 0 Å². The lowest BCUT2D eigenvalue weighted by Crippen LogP contribution is -2.43. The molecular weight excluding hydrogens is 390 g/mol. The summed E-state index contributed by atoms with van der Waals surface area (Å²) in [5, 5.41) is 2.94.